The maximum Gasteiger partial charge on any atom is 0.500 e. The van der Waals surface area contributed by atoms with Gasteiger partial charge in [-0.1, -0.05) is 5.16 Å². The van der Waals surface area contributed by atoms with E-state index in [0.29, 0.717) is 22.5 Å². The Bertz CT molecular complexity index is 756. The molecular formula is C17H21BFNO4. The van der Waals surface area contributed by atoms with Gasteiger partial charge in [-0.3, -0.25) is 0 Å². The lowest BCUT2D eigenvalue weighted by atomic mass is 9.76. The third-order valence-electron chi connectivity index (χ3n) is 4.82. The van der Waals surface area contributed by atoms with Crippen molar-refractivity contribution < 1.29 is 23.0 Å². The van der Waals surface area contributed by atoms with E-state index in [-0.39, 0.29) is 5.75 Å². The van der Waals surface area contributed by atoms with E-state index in [9.17, 15) is 4.39 Å². The van der Waals surface area contributed by atoms with Crippen LogP contribution in [0.1, 0.15) is 33.5 Å². The van der Waals surface area contributed by atoms with E-state index in [0.717, 1.165) is 0 Å². The highest BCUT2D eigenvalue weighted by atomic mass is 19.1. The summed E-state index contributed by atoms with van der Waals surface area (Å²) in [4.78, 5) is 0. The predicted octanol–water partition coefficient (Wildman–Crippen LogP) is 3.10. The zero-order valence-corrected chi connectivity index (χ0v) is 14.8. The summed E-state index contributed by atoms with van der Waals surface area (Å²) in [6.45, 7) is 9.69. The summed E-state index contributed by atoms with van der Waals surface area (Å²) >= 11 is 0. The number of hydrogen-bond acceptors (Lipinski definition) is 5. The van der Waals surface area contributed by atoms with Crippen LogP contribution in [0.15, 0.2) is 22.7 Å². The van der Waals surface area contributed by atoms with Crippen molar-refractivity contribution in [2.24, 2.45) is 0 Å². The molecule has 1 saturated heterocycles. The Kier molecular flexibility index (Phi) is 3.96. The van der Waals surface area contributed by atoms with E-state index >= 15 is 0 Å². The van der Waals surface area contributed by atoms with Gasteiger partial charge in [-0.05, 0) is 52.8 Å². The number of nitrogens with zero attached hydrogens (tertiary/aromatic N) is 1. The quantitative estimate of drug-likeness (QED) is 0.808. The summed E-state index contributed by atoms with van der Waals surface area (Å²) in [6.07, 6.45) is 0. The molecule has 0 radical (unpaired) electrons. The monoisotopic (exact) mass is 333 g/mol. The van der Waals surface area contributed by atoms with Crippen LogP contribution in [0.4, 0.5) is 4.39 Å². The number of benzene rings is 1. The molecule has 5 nitrogen and oxygen atoms in total. The van der Waals surface area contributed by atoms with Crippen LogP contribution >= 0.6 is 0 Å². The van der Waals surface area contributed by atoms with Crippen molar-refractivity contribution in [1.29, 1.82) is 0 Å². The van der Waals surface area contributed by atoms with E-state index in [1.807, 2.05) is 27.7 Å². The average molecular weight is 333 g/mol. The van der Waals surface area contributed by atoms with Crippen molar-refractivity contribution in [3.63, 3.8) is 0 Å². The SMILES string of the molecule is COc1ccc(-c2noc(C)c2B2OC(C)(C)C(C)(C)O2)cc1F. The van der Waals surface area contributed by atoms with Crippen molar-refractivity contribution in [3.8, 4) is 17.0 Å². The Hall–Kier alpha value is -1.86. The molecule has 0 atom stereocenters. The molecule has 2 aromatic rings. The number of halogens is 1. The minimum Gasteiger partial charge on any atom is -0.494 e. The molecule has 2 heterocycles. The Morgan fingerprint density at radius 2 is 1.75 bits per heavy atom. The second-order valence-corrected chi connectivity index (χ2v) is 6.94. The molecule has 0 bridgehead atoms. The van der Waals surface area contributed by atoms with Crippen molar-refractivity contribution in [1.82, 2.24) is 5.16 Å². The van der Waals surface area contributed by atoms with Gasteiger partial charge in [0.05, 0.1) is 23.8 Å². The van der Waals surface area contributed by atoms with Crippen molar-refractivity contribution in [3.05, 3.63) is 29.8 Å². The smallest absolute Gasteiger partial charge is 0.494 e. The highest BCUT2D eigenvalue weighted by Crippen LogP contribution is 2.37. The molecule has 1 aliphatic rings. The molecule has 0 aliphatic carbocycles. The molecule has 0 unspecified atom stereocenters. The van der Waals surface area contributed by atoms with Gasteiger partial charge < -0.3 is 18.6 Å². The van der Waals surface area contributed by atoms with Gasteiger partial charge in [0.15, 0.2) is 11.6 Å². The number of aryl methyl sites for hydroxylation is 1. The second kappa shape index (κ2) is 5.60. The van der Waals surface area contributed by atoms with Crippen LogP contribution in [-0.2, 0) is 9.31 Å². The molecule has 24 heavy (non-hydrogen) atoms. The van der Waals surface area contributed by atoms with E-state index in [1.165, 1.54) is 13.2 Å². The minimum absolute atomic E-state index is 0.177. The number of aromatic nitrogens is 1. The van der Waals surface area contributed by atoms with Crippen molar-refractivity contribution >= 4 is 12.6 Å². The van der Waals surface area contributed by atoms with Gasteiger partial charge in [-0.15, -0.1) is 0 Å². The van der Waals surface area contributed by atoms with E-state index in [4.69, 9.17) is 18.6 Å². The Morgan fingerprint density at radius 3 is 2.29 bits per heavy atom. The molecule has 0 spiro atoms. The molecule has 1 aromatic carbocycles. The van der Waals surface area contributed by atoms with Crippen molar-refractivity contribution in [2.45, 2.75) is 45.8 Å². The van der Waals surface area contributed by atoms with Crippen LogP contribution in [0, 0.1) is 12.7 Å². The standard InChI is InChI=1S/C17H21BFNO4/c1-10-14(18-23-16(2,3)17(4,5)24-18)15(20-22-10)11-7-8-13(21-6)12(19)9-11/h7-9H,1-6H3. The topological polar surface area (TPSA) is 53.7 Å². The second-order valence-electron chi connectivity index (χ2n) is 6.94. The Balaban J connectivity index is 2.03. The first kappa shape index (κ1) is 17.0. The third kappa shape index (κ3) is 2.61. The van der Waals surface area contributed by atoms with Gasteiger partial charge in [0, 0.05) is 5.56 Å². The molecule has 1 aromatic heterocycles. The average Bonchev–Trinajstić information content (AvgIpc) is 2.96. The number of methoxy groups -OCH3 is 1. The van der Waals surface area contributed by atoms with Gasteiger partial charge in [0.1, 0.15) is 11.5 Å². The molecule has 128 valence electrons. The van der Waals surface area contributed by atoms with Crippen LogP contribution in [0.2, 0.25) is 0 Å². The fraction of sp³-hybridized carbons (Fsp3) is 0.471. The summed E-state index contributed by atoms with van der Waals surface area (Å²) in [5.74, 6) is 0.298. The number of ether oxygens (including phenoxy) is 1. The predicted molar refractivity (Wildman–Crippen MR) is 88.9 cm³/mol. The zero-order valence-electron chi connectivity index (χ0n) is 14.8. The molecule has 0 N–H and O–H groups in total. The van der Waals surface area contributed by atoms with Crippen LogP contribution in [0.25, 0.3) is 11.3 Å². The van der Waals surface area contributed by atoms with Crippen LogP contribution in [0.3, 0.4) is 0 Å². The van der Waals surface area contributed by atoms with Gasteiger partial charge in [0.25, 0.3) is 0 Å². The summed E-state index contributed by atoms with van der Waals surface area (Å²) < 4.78 is 36.5. The maximum atomic E-state index is 14.1. The molecule has 3 rings (SSSR count). The largest absolute Gasteiger partial charge is 0.500 e. The summed E-state index contributed by atoms with van der Waals surface area (Å²) in [7, 11) is 0.801. The summed E-state index contributed by atoms with van der Waals surface area (Å²) in [6, 6.07) is 4.65. The third-order valence-corrected chi connectivity index (χ3v) is 4.82. The number of rotatable bonds is 3. The first-order chi connectivity index (χ1) is 11.2. The van der Waals surface area contributed by atoms with E-state index in [1.54, 1.807) is 19.1 Å². The molecule has 0 saturated carbocycles. The Morgan fingerprint density at radius 1 is 1.12 bits per heavy atom. The van der Waals surface area contributed by atoms with E-state index in [2.05, 4.69) is 5.16 Å². The first-order valence-corrected chi connectivity index (χ1v) is 7.82. The minimum atomic E-state index is -0.624. The van der Waals surface area contributed by atoms with Crippen LogP contribution in [0.5, 0.6) is 5.75 Å². The number of hydrogen-bond donors (Lipinski definition) is 0. The van der Waals surface area contributed by atoms with Crippen LogP contribution in [-0.4, -0.2) is 30.6 Å². The molecule has 7 heteroatoms. The fourth-order valence-corrected chi connectivity index (χ4v) is 2.64. The molecule has 0 amide bonds. The first-order valence-electron chi connectivity index (χ1n) is 7.82. The van der Waals surface area contributed by atoms with Gasteiger partial charge in [0.2, 0.25) is 0 Å². The lowest BCUT2D eigenvalue weighted by molar-refractivity contribution is 0.00578. The Labute approximate surface area is 141 Å². The lowest BCUT2D eigenvalue weighted by Gasteiger charge is -2.32. The van der Waals surface area contributed by atoms with E-state index < -0.39 is 24.1 Å². The molecule has 1 aliphatic heterocycles. The summed E-state index contributed by atoms with van der Waals surface area (Å²) in [5.41, 5.74) is 0.800. The van der Waals surface area contributed by atoms with Crippen molar-refractivity contribution in [2.75, 3.05) is 7.11 Å². The zero-order chi connectivity index (χ0) is 17.7. The molecular weight excluding hydrogens is 312 g/mol. The van der Waals surface area contributed by atoms with Gasteiger partial charge in [-0.25, -0.2) is 4.39 Å². The lowest BCUT2D eigenvalue weighted by Crippen LogP contribution is -2.41. The van der Waals surface area contributed by atoms with Gasteiger partial charge >= 0.3 is 7.12 Å². The normalized spacial score (nSPS) is 18.9. The highest BCUT2D eigenvalue weighted by Gasteiger charge is 2.53. The molecule has 1 fully saturated rings. The van der Waals surface area contributed by atoms with Crippen LogP contribution < -0.4 is 10.2 Å². The van der Waals surface area contributed by atoms with Gasteiger partial charge in [-0.2, -0.15) is 0 Å². The highest BCUT2D eigenvalue weighted by molar-refractivity contribution is 6.64. The summed E-state index contributed by atoms with van der Waals surface area (Å²) in [5, 5.41) is 4.08. The fourth-order valence-electron chi connectivity index (χ4n) is 2.64. The maximum absolute atomic E-state index is 14.1.